The van der Waals surface area contributed by atoms with Gasteiger partial charge in [-0.1, -0.05) is 85.1 Å². The largest absolute Gasteiger partial charge is 0.0682 e. The molecule has 2 aromatic rings. The molecule has 18 heavy (non-hydrogen) atoms. The highest BCUT2D eigenvalue weighted by molar-refractivity contribution is 6.74. The van der Waals surface area contributed by atoms with Gasteiger partial charge < -0.3 is 0 Å². The SMILES string of the molecule is C[SiH](C)c1ccccc1-c1ccccc1[SiH](C)C. The molecule has 2 rings (SSSR count). The first-order chi connectivity index (χ1) is 8.61. The molecule has 2 aromatic carbocycles. The summed E-state index contributed by atoms with van der Waals surface area (Å²) in [6, 6.07) is 18.0. The van der Waals surface area contributed by atoms with Crippen molar-refractivity contribution in [1.29, 1.82) is 0 Å². The summed E-state index contributed by atoms with van der Waals surface area (Å²) in [6.45, 7) is 9.64. The zero-order valence-corrected chi connectivity index (χ0v) is 14.1. The molecule has 0 heterocycles. The minimum Gasteiger partial charge on any atom is -0.0682 e. The van der Waals surface area contributed by atoms with Crippen molar-refractivity contribution in [1.82, 2.24) is 0 Å². The fraction of sp³-hybridized carbons (Fsp3) is 0.250. The zero-order valence-electron chi connectivity index (χ0n) is 11.8. The van der Waals surface area contributed by atoms with E-state index < -0.39 is 17.6 Å². The molecule has 0 aliphatic carbocycles. The van der Waals surface area contributed by atoms with Gasteiger partial charge in [0.1, 0.15) is 0 Å². The van der Waals surface area contributed by atoms with Crippen LogP contribution in [0.25, 0.3) is 11.1 Å². The maximum atomic E-state index is 2.41. The van der Waals surface area contributed by atoms with Crippen LogP contribution in [-0.2, 0) is 0 Å². The van der Waals surface area contributed by atoms with Crippen LogP contribution in [0, 0.1) is 0 Å². The number of hydrogen-bond donors (Lipinski definition) is 0. The van der Waals surface area contributed by atoms with E-state index in [9.17, 15) is 0 Å². The molecule has 0 amide bonds. The topological polar surface area (TPSA) is 0 Å². The quantitative estimate of drug-likeness (QED) is 0.752. The highest BCUT2D eigenvalue weighted by atomic mass is 28.3. The van der Waals surface area contributed by atoms with E-state index in [-0.39, 0.29) is 0 Å². The van der Waals surface area contributed by atoms with Crippen molar-refractivity contribution in [3.05, 3.63) is 48.5 Å². The van der Waals surface area contributed by atoms with E-state index in [1.165, 1.54) is 11.1 Å². The first kappa shape index (κ1) is 13.3. The minimum absolute atomic E-state index is 0.775. The Balaban J connectivity index is 2.62. The van der Waals surface area contributed by atoms with Crippen molar-refractivity contribution < 1.29 is 0 Å². The molecular formula is C16H22Si2. The maximum absolute atomic E-state index is 2.41. The molecule has 0 N–H and O–H groups in total. The van der Waals surface area contributed by atoms with Crippen molar-refractivity contribution >= 4 is 28.0 Å². The predicted molar refractivity (Wildman–Crippen MR) is 88.9 cm³/mol. The second-order valence-electron chi connectivity index (χ2n) is 5.48. The second kappa shape index (κ2) is 5.68. The average Bonchev–Trinajstić information content (AvgIpc) is 2.38. The smallest absolute Gasteiger partial charge is 0.0655 e. The van der Waals surface area contributed by atoms with Gasteiger partial charge in [-0.3, -0.25) is 0 Å². The molecule has 0 saturated carbocycles. The van der Waals surface area contributed by atoms with Crippen LogP contribution < -0.4 is 10.4 Å². The fourth-order valence-corrected chi connectivity index (χ4v) is 5.23. The molecule has 0 bridgehead atoms. The van der Waals surface area contributed by atoms with E-state index in [4.69, 9.17) is 0 Å². The summed E-state index contributed by atoms with van der Waals surface area (Å²) >= 11 is 0. The van der Waals surface area contributed by atoms with E-state index >= 15 is 0 Å². The third-order valence-electron chi connectivity index (χ3n) is 3.46. The molecule has 0 aliphatic heterocycles. The molecule has 0 radical (unpaired) electrons. The molecule has 0 unspecified atom stereocenters. The Labute approximate surface area is 114 Å². The van der Waals surface area contributed by atoms with Gasteiger partial charge in [0.2, 0.25) is 0 Å². The molecular weight excluding hydrogens is 248 g/mol. The monoisotopic (exact) mass is 270 g/mol. The summed E-state index contributed by atoms with van der Waals surface area (Å²) in [7, 11) is -1.55. The summed E-state index contributed by atoms with van der Waals surface area (Å²) < 4.78 is 0. The van der Waals surface area contributed by atoms with E-state index in [1.807, 2.05) is 0 Å². The van der Waals surface area contributed by atoms with Gasteiger partial charge in [-0.15, -0.1) is 0 Å². The van der Waals surface area contributed by atoms with E-state index in [2.05, 4.69) is 74.7 Å². The fourth-order valence-electron chi connectivity index (χ4n) is 2.49. The van der Waals surface area contributed by atoms with Gasteiger partial charge in [0.25, 0.3) is 0 Å². The second-order valence-corrected chi connectivity index (χ2v) is 11.3. The molecule has 0 fully saturated rings. The van der Waals surface area contributed by atoms with Crippen LogP contribution in [-0.4, -0.2) is 17.6 Å². The Morgan fingerprint density at radius 3 is 1.22 bits per heavy atom. The molecule has 0 saturated heterocycles. The van der Waals surface area contributed by atoms with Crippen molar-refractivity contribution in [2.75, 3.05) is 0 Å². The van der Waals surface area contributed by atoms with Crippen molar-refractivity contribution in [3.63, 3.8) is 0 Å². The van der Waals surface area contributed by atoms with Gasteiger partial charge in [0.05, 0.1) is 17.6 Å². The zero-order chi connectivity index (χ0) is 13.1. The third-order valence-corrected chi connectivity index (χ3v) is 6.95. The van der Waals surface area contributed by atoms with Crippen LogP contribution in [0.1, 0.15) is 0 Å². The number of benzene rings is 2. The van der Waals surface area contributed by atoms with Gasteiger partial charge in [0.15, 0.2) is 0 Å². The maximum Gasteiger partial charge on any atom is 0.0655 e. The van der Waals surface area contributed by atoms with Gasteiger partial charge in [-0.2, -0.15) is 0 Å². The normalized spacial score (nSPS) is 11.2. The van der Waals surface area contributed by atoms with Crippen LogP contribution in [0.2, 0.25) is 26.2 Å². The molecule has 2 heteroatoms. The summed E-state index contributed by atoms with van der Waals surface area (Å²) in [5.74, 6) is 0. The summed E-state index contributed by atoms with van der Waals surface area (Å²) in [5, 5.41) is 3.19. The predicted octanol–water partition coefficient (Wildman–Crippen LogP) is 2.74. The lowest BCUT2D eigenvalue weighted by atomic mass is 10.1. The van der Waals surface area contributed by atoms with Gasteiger partial charge in [0, 0.05) is 0 Å². The number of hydrogen-bond acceptors (Lipinski definition) is 0. The highest BCUT2D eigenvalue weighted by Gasteiger charge is 2.13. The van der Waals surface area contributed by atoms with E-state index in [0.29, 0.717) is 0 Å². The molecule has 0 aliphatic rings. The minimum atomic E-state index is -0.775. The van der Waals surface area contributed by atoms with Gasteiger partial charge in [-0.25, -0.2) is 0 Å². The van der Waals surface area contributed by atoms with Gasteiger partial charge in [-0.05, 0) is 11.1 Å². The molecule has 0 nitrogen and oxygen atoms in total. The van der Waals surface area contributed by atoms with Crippen LogP contribution in [0.4, 0.5) is 0 Å². The Kier molecular flexibility index (Phi) is 4.20. The van der Waals surface area contributed by atoms with Crippen molar-refractivity contribution in [2.45, 2.75) is 26.2 Å². The summed E-state index contributed by atoms with van der Waals surface area (Å²) in [4.78, 5) is 0. The lowest BCUT2D eigenvalue weighted by molar-refractivity contribution is 1.66. The Morgan fingerprint density at radius 2 is 0.889 bits per heavy atom. The lowest BCUT2D eigenvalue weighted by Crippen LogP contribution is -2.30. The van der Waals surface area contributed by atoms with Crippen LogP contribution >= 0.6 is 0 Å². The molecule has 0 atom stereocenters. The molecule has 0 aromatic heterocycles. The number of rotatable bonds is 3. The van der Waals surface area contributed by atoms with E-state index in [1.54, 1.807) is 10.4 Å². The Hall–Kier alpha value is -1.13. The Bertz CT molecular complexity index is 481. The first-order valence-electron chi connectivity index (χ1n) is 6.79. The standard InChI is InChI=1S/C16H22Si2/c1-17(2)15-11-7-5-9-13(15)14-10-6-8-12-16(14)18(3)4/h5-12,17-18H,1-4H3. The molecule has 94 valence electrons. The van der Waals surface area contributed by atoms with Crippen molar-refractivity contribution in [3.8, 4) is 11.1 Å². The van der Waals surface area contributed by atoms with Crippen molar-refractivity contribution in [2.24, 2.45) is 0 Å². The first-order valence-corrected chi connectivity index (χ1v) is 12.6. The van der Waals surface area contributed by atoms with Crippen LogP contribution in [0.15, 0.2) is 48.5 Å². The van der Waals surface area contributed by atoms with E-state index in [0.717, 1.165) is 0 Å². The van der Waals surface area contributed by atoms with Gasteiger partial charge >= 0.3 is 0 Å². The summed E-state index contributed by atoms with van der Waals surface area (Å²) in [5.41, 5.74) is 2.96. The third kappa shape index (κ3) is 2.65. The molecule has 0 spiro atoms. The highest BCUT2D eigenvalue weighted by Crippen LogP contribution is 2.16. The van der Waals surface area contributed by atoms with Crippen LogP contribution in [0.5, 0.6) is 0 Å². The Morgan fingerprint density at radius 1 is 0.556 bits per heavy atom. The summed E-state index contributed by atoms with van der Waals surface area (Å²) in [6.07, 6.45) is 0. The average molecular weight is 271 g/mol. The lowest BCUT2D eigenvalue weighted by Gasteiger charge is -2.17. The van der Waals surface area contributed by atoms with Crippen LogP contribution in [0.3, 0.4) is 0 Å².